The third-order valence-corrected chi connectivity index (χ3v) is 19.2. The van der Waals surface area contributed by atoms with E-state index in [0.29, 0.717) is 58.7 Å². The monoisotopic (exact) mass is 723 g/mol. The van der Waals surface area contributed by atoms with Gasteiger partial charge in [0.25, 0.3) is 0 Å². The molecule has 0 aromatic heterocycles. The molecule has 2 saturated heterocycles. The second-order valence-electron chi connectivity index (χ2n) is 21.7. The maximum Gasteiger partial charge on any atom is 0.184 e. The van der Waals surface area contributed by atoms with Crippen LogP contribution >= 0.6 is 0 Å². The molecule has 2 aliphatic heterocycles. The molecule has 0 amide bonds. The van der Waals surface area contributed by atoms with Gasteiger partial charge in [0.05, 0.1) is 18.3 Å². The van der Waals surface area contributed by atoms with Crippen molar-refractivity contribution in [1.82, 2.24) is 0 Å². The summed E-state index contributed by atoms with van der Waals surface area (Å²) >= 11 is 0. The fraction of sp³-hybridized carbons (Fsp3) is 0.936. The van der Waals surface area contributed by atoms with Crippen LogP contribution in [0.1, 0.15) is 161 Å². The van der Waals surface area contributed by atoms with Gasteiger partial charge in [0.15, 0.2) is 12.6 Å². The molecule has 5 aliphatic carbocycles. The second-order valence-corrected chi connectivity index (χ2v) is 21.7. The third-order valence-electron chi connectivity index (χ3n) is 19.2. The smallest absolute Gasteiger partial charge is 0.184 e. The summed E-state index contributed by atoms with van der Waals surface area (Å²) < 4.78 is 27.8. The van der Waals surface area contributed by atoms with E-state index in [1.165, 1.54) is 44.8 Å². The zero-order valence-electron chi connectivity index (χ0n) is 35.6. The SMILES string of the molecule is CCC1O[C@@H](OC2[C@H](O[C@H]3CCC4(C)C5CC=C6C7CC(C)(C)CC[C@]7(C=O)CC[C@@]6(C)[C@@]5(C)CC[C@H]4C3C)OC(C)[C@@H](C)[C@@H]2C)C(C)[C@@H](C)[C@H]1C. The van der Waals surface area contributed by atoms with Crippen molar-refractivity contribution in [3.63, 3.8) is 0 Å². The minimum absolute atomic E-state index is 0.124. The van der Waals surface area contributed by atoms with Gasteiger partial charge in [0, 0.05) is 11.3 Å². The second kappa shape index (κ2) is 13.7. The Kier molecular flexibility index (Phi) is 10.4. The molecule has 0 bridgehead atoms. The van der Waals surface area contributed by atoms with Crippen LogP contribution in [0.15, 0.2) is 11.6 Å². The minimum atomic E-state index is -0.378. The fourth-order valence-corrected chi connectivity index (χ4v) is 14.4. The lowest BCUT2D eigenvalue weighted by Crippen LogP contribution is -2.63. The lowest BCUT2D eigenvalue weighted by atomic mass is 9.34. The Morgan fingerprint density at radius 3 is 2.15 bits per heavy atom. The lowest BCUT2D eigenvalue weighted by Gasteiger charge is -2.70. The van der Waals surface area contributed by atoms with Gasteiger partial charge in [-0.15, -0.1) is 0 Å². The highest BCUT2D eigenvalue weighted by Crippen LogP contribution is 2.74. The topological polar surface area (TPSA) is 54.0 Å². The number of hydrogen-bond acceptors (Lipinski definition) is 5. The molecule has 5 heteroatoms. The number of allylic oxidation sites excluding steroid dienone is 2. The summed E-state index contributed by atoms with van der Waals surface area (Å²) in [6, 6.07) is 0. The maximum atomic E-state index is 12.9. The predicted molar refractivity (Wildman–Crippen MR) is 209 cm³/mol. The van der Waals surface area contributed by atoms with E-state index in [1.54, 1.807) is 5.57 Å². The van der Waals surface area contributed by atoms with E-state index in [4.69, 9.17) is 18.9 Å². The van der Waals surface area contributed by atoms with Crippen LogP contribution in [0.4, 0.5) is 0 Å². The molecule has 19 atom stereocenters. The van der Waals surface area contributed by atoms with Crippen molar-refractivity contribution in [2.75, 3.05) is 0 Å². The summed E-state index contributed by atoms with van der Waals surface area (Å²) in [5, 5.41) is 0. The Hall–Kier alpha value is -0.750. The Balaban J connectivity index is 1.11. The molecular formula is C47H78O5. The van der Waals surface area contributed by atoms with Crippen molar-refractivity contribution < 1.29 is 23.7 Å². The molecule has 0 N–H and O–H groups in total. The van der Waals surface area contributed by atoms with Gasteiger partial charge in [-0.25, -0.2) is 0 Å². The van der Waals surface area contributed by atoms with E-state index in [1.807, 2.05) is 0 Å². The van der Waals surface area contributed by atoms with Crippen LogP contribution in [0.5, 0.6) is 0 Å². The van der Waals surface area contributed by atoms with Crippen LogP contribution in [0.25, 0.3) is 0 Å². The summed E-state index contributed by atoms with van der Waals surface area (Å²) in [5.74, 6) is 4.23. The average molecular weight is 723 g/mol. The fourth-order valence-electron chi connectivity index (χ4n) is 14.4. The van der Waals surface area contributed by atoms with E-state index in [2.05, 4.69) is 96.1 Å². The molecule has 52 heavy (non-hydrogen) atoms. The Labute approximate surface area is 318 Å². The van der Waals surface area contributed by atoms with Crippen LogP contribution in [-0.4, -0.2) is 43.3 Å². The zero-order chi connectivity index (χ0) is 37.8. The van der Waals surface area contributed by atoms with Gasteiger partial charge >= 0.3 is 0 Å². The number of aldehydes is 1. The summed E-state index contributed by atoms with van der Waals surface area (Å²) in [6.07, 6.45) is 16.5. The molecule has 2 heterocycles. The van der Waals surface area contributed by atoms with Crippen LogP contribution in [-0.2, 0) is 23.7 Å². The molecule has 6 fully saturated rings. The van der Waals surface area contributed by atoms with Gasteiger partial charge in [0.1, 0.15) is 12.4 Å². The molecule has 0 aromatic carbocycles. The Bertz CT molecular complexity index is 1350. The van der Waals surface area contributed by atoms with E-state index in [-0.39, 0.29) is 58.7 Å². The molecule has 0 spiro atoms. The van der Waals surface area contributed by atoms with Crippen molar-refractivity contribution >= 4 is 6.29 Å². The highest BCUT2D eigenvalue weighted by atomic mass is 16.7. The van der Waals surface area contributed by atoms with Crippen molar-refractivity contribution in [1.29, 1.82) is 0 Å². The standard InChI is InChI=1S/C47H78O5/c1-14-37-29(4)27(2)31(6)41(50-37)52-40-30(5)28(3)33(8)49-42(40)51-38-18-19-44(11)34(32(38)7)17-20-46(13)39(44)16-15-35-36-25-43(9,10)21-23-47(36,26-48)24-22-45(35,46)12/h15,26-34,36-42H,14,16-25H2,1-13H3/t27-,28-,29+,30-,31?,32?,33?,34-,36?,37?,38-,39?,40?,41-,42-,44?,45+,46-,47+/m0/s1. The Morgan fingerprint density at radius 1 is 0.750 bits per heavy atom. The van der Waals surface area contributed by atoms with Crippen molar-refractivity contribution in [2.45, 2.75) is 198 Å². The molecule has 0 radical (unpaired) electrons. The first-order valence-corrected chi connectivity index (χ1v) is 22.1. The summed E-state index contributed by atoms with van der Waals surface area (Å²) in [4.78, 5) is 12.9. The van der Waals surface area contributed by atoms with E-state index < -0.39 is 0 Å². The van der Waals surface area contributed by atoms with Crippen molar-refractivity contribution in [3.8, 4) is 0 Å². The highest BCUT2D eigenvalue weighted by molar-refractivity contribution is 5.63. The van der Waals surface area contributed by atoms with Crippen LogP contribution in [0.3, 0.4) is 0 Å². The summed E-state index contributed by atoms with van der Waals surface area (Å²) in [6.45, 7) is 31.5. The van der Waals surface area contributed by atoms with Gasteiger partial charge in [-0.05, 0) is 147 Å². The molecule has 5 nitrogen and oxygen atoms in total. The lowest BCUT2D eigenvalue weighted by molar-refractivity contribution is -0.347. The normalized spacial score (nSPS) is 55.9. The Morgan fingerprint density at radius 2 is 1.46 bits per heavy atom. The number of rotatable bonds is 6. The van der Waals surface area contributed by atoms with Crippen LogP contribution in [0.2, 0.25) is 0 Å². The van der Waals surface area contributed by atoms with Gasteiger partial charge in [-0.2, -0.15) is 0 Å². The van der Waals surface area contributed by atoms with Gasteiger partial charge in [-0.1, -0.05) is 94.7 Å². The first-order chi connectivity index (χ1) is 24.4. The minimum Gasteiger partial charge on any atom is -0.349 e. The number of ether oxygens (including phenoxy) is 4. The molecule has 0 aromatic rings. The molecule has 8 unspecified atom stereocenters. The van der Waals surface area contributed by atoms with Gasteiger partial charge in [0.2, 0.25) is 0 Å². The highest BCUT2D eigenvalue weighted by Gasteiger charge is 2.67. The number of hydrogen-bond donors (Lipinski definition) is 0. The largest absolute Gasteiger partial charge is 0.349 e. The first kappa shape index (κ1) is 39.5. The van der Waals surface area contributed by atoms with Crippen LogP contribution < -0.4 is 0 Å². The molecule has 7 rings (SSSR count). The number of carbonyl (C=O) groups excluding carboxylic acids is 1. The van der Waals surface area contributed by atoms with Gasteiger partial charge < -0.3 is 23.7 Å². The summed E-state index contributed by atoms with van der Waals surface area (Å²) in [5.41, 5.74) is 2.53. The maximum absolute atomic E-state index is 12.9. The predicted octanol–water partition coefficient (Wildman–Crippen LogP) is 11.4. The van der Waals surface area contributed by atoms with E-state index in [9.17, 15) is 4.79 Å². The quantitative estimate of drug-likeness (QED) is 0.155. The van der Waals surface area contributed by atoms with Crippen LogP contribution in [0, 0.1) is 80.3 Å². The van der Waals surface area contributed by atoms with Crippen molar-refractivity contribution in [2.24, 2.45) is 80.3 Å². The molecule has 4 saturated carbocycles. The third kappa shape index (κ3) is 5.91. The first-order valence-electron chi connectivity index (χ1n) is 22.1. The zero-order valence-corrected chi connectivity index (χ0v) is 35.6. The molecule has 296 valence electrons. The van der Waals surface area contributed by atoms with E-state index >= 15 is 0 Å². The summed E-state index contributed by atoms with van der Waals surface area (Å²) in [7, 11) is 0. The molecular weight excluding hydrogens is 645 g/mol. The molecule has 7 aliphatic rings. The van der Waals surface area contributed by atoms with Gasteiger partial charge in [-0.3, -0.25) is 0 Å². The van der Waals surface area contributed by atoms with E-state index in [0.717, 1.165) is 32.1 Å². The average Bonchev–Trinajstić information content (AvgIpc) is 3.10. The number of fused-ring (bicyclic) bond motifs is 7. The van der Waals surface area contributed by atoms with Crippen molar-refractivity contribution in [3.05, 3.63) is 11.6 Å². The number of carbonyl (C=O) groups is 1.